The average Bonchev–Trinajstić information content (AvgIpc) is 2.39. The molecule has 1 aromatic carbocycles. The molecule has 1 aromatic rings. The van der Waals surface area contributed by atoms with Crippen LogP contribution in [0.3, 0.4) is 0 Å². The van der Waals surface area contributed by atoms with E-state index in [1.165, 1.54) is 24.3 Å². The van der Waals surface area contributed by atoms with Gasteiger partial charge < -0.3 is 9.47 Å². The van der Waals surface area contributed by atoms with E-state index in [0.29, 0.717) is 13.0 Å². The van der Waals surface area contributed by atoms with E-state index in [0.717, 1.165) is 0 Å². The number of ether oxygens (including phenoxy) is 2. The van der Waals surface area contributed by atoms with Crippen LogP contribution in [0.1, 0.15) is 26.2 Å². The van der Waals surface area contributed by atoms with Crippen LogP contribution in [-0.4, -0.2) is 23.5 Å². The molecule has 7 heteroatoms. The third-order valence-electron chi connectivity index (χ3n) is 2.35. The van der Waals surface area contributed by atoms with Gasteiger partial charge in [-0.1, -0.05) is 0 Å². The van der Waals surface area contributed by atoms with Gasteiger partial charge in [-0.05, 0) is 25.5 Å². The highest BCUT2D eigenvalue weighted by atomic mass is 16.6. The first kappa shape index (κ1) is 15.6. The lowest BCUT2D eigenvalue weighted by Crippen LogP contribution is -2.10. The number of nitro benzene ring substituents is 1. The smallest absolute Gasteiger partial charge is 0.311 e. The van der Waals surface area contributed by atoms with Crippen molar-refractivity contribution in [2.24, 2.45) is 0 Å². The minimum atomic E-state index is -0.537. The van der Waals surface area contributed by atoms with Crippen LogP contribution in [0.2, 0.25) is 0 Å². The average molecular weight is 281 g/mol. The zero-order valence-corrected chi connectivity index (χ0v) is 11.0. The molecule has 0 heterocycles. The quantitative estimate of drug-likeness (QED) is 0.329. The number of carbonyl (C=O) groups excluding carboxylic acids is 2. The Balaban J connectivity index is 2.35. The van der Waals surface area contributed by atoms with E-state index in [-0.39, 0.29) is 30.2 Å². The molecule has 0 amide bonds. The summed E-state index contributed by atoms with van der Waals surface area (Å²) in [5.41, 5.74) is -0.0767. The molecule has 0 aliphatic rings. The Morgan fingerprint density at radius 1 is 1.15 bits per heavy atom. The molecule has 20 heavy (non-hydrogen) atoms. The van der Waals surface area contributed by atoms with Crippen LogP contribution < -0.4 is 4.74 Å². The molecule has 7 nitrogen and oxygen atoms in total. The summed E-state index contributed by atoms with van der Waals surface area (Å²) in [6.45, 7) is 2.02. The zero-order valence-electron chi connectivity index (χ0n) is 11.0. The van der Waals surface area contributed by atoms with Crippen molar-refractivity contribution in [1.29, 1.82) is 0 Å². The Morgan fingerprint density at radius 3 is 2.30 bits per heavy atom. The lowest BCUT2D eigenvalue weighted by atomic mass is 10.2. The largest absolute Gasteiger partial charge is 0.466 e. The Labute approximate surface area is 115 Å². The van der Waals surface area contributed by atoms with Crippen LogP contribution in [0.5, 0.6) is 5.75 Å². The molecular weight excluding hydrogens is 266 g/mol. The molecule has 0 saturated heterocycles. The molecule has 0 aromatic heterocycles. The van der Waals surface area contributed by atoms with E-state index in [4.69, 9.17) is 9.47 Å². The molecule has 0 atom stereocenters. The summed E-state index contributed by atoms with van der Waals surface area (Å²) in [4.78, 5) is 32.4. The predicted molar refractivity (Wildman–Crippen MR) is 69.2 cm³/mol. The van der Waals surface area contributed by atoms with Crippen molar-refractivity contribution in [3.63, 3.8) is 0 Å². The standard InChI is InChI=1S/C13H15NO6/c1-2-19-12(15)4-3-5-13(16)20-11-8-6-10(7-9-11)14(17)18/h6-9H,2-5H2,1H3. The Kier molecular flexibility index (Phi) is 6.15. The molecule has 0 aliphatic heterocycles. The van der Waals surface area contributed by atoms with Crippen molar-refractivity contribution in [3.8, 4) is 5.75 Å². The van der Waals surface area contributed by atoms with Crippen LogP contribution in [0.15, 0.2) is 24.3 Å². The number of benzene rings is 1. The van der Waals surface area contributed by atoms with Crippen molar-refractivity contribution >= 4 is 17.6 Å². The van der Waals surface area contributed by atoms with E-state index < -0.39 is 10.9 Å². The zero-order chi connectivity index (χ0) is 15.0. The topological polar surface area (TPSA) is 95.7 Å². The lowest BCUT2D eigenvalue weighted by molar-refractivity contribution is -0.384. The van der Waals surface area contributed by atoms with Crippen LogP contribution in [0.25, 0.3) is 0 Å². The summed E-state index contributed by atoms with van der Waals surface area (Å²) in [5.74, 6) is -0.615. The van der Waals surface area contributed by atoms with Crippen molar-refractivity contribution in [2.45, 2.75) is 26.2 Å². The van der Waals surface area contributed by atoms with E-state index >= 15 is 0 Å². The SMILES string of the molecule is CCOC(=O)CCCC(=O)Oc1ccc([N+](=O)[O-])cc1. The van der Waals surface area contributed by atoms with Crippen LogP contribution in [-0.2, 0) is 14.3 Å². The van der Waals surface area contributed by atoms with Gasteiger partial charge in [0.2, 0.25) is 0 Å². The van der Waals surface area contributed by atoms with Crippen LogP contribution >= 0.6 is 0 Å². The van der Waals surface area contributed by atoms with Crippen molar-refractivity contribution in [3.05, 3.63) is 34.4 Å². The normalized spacial score (nSPS) is 9.85. The van der Waals surface area contributed by atoms with Crippen LogP contribution in [0.4, 0.5) is 5.69 Å². The number of hydrogen-bond donors (Lipinski definition) is 0. The van der Waals surface area contributed by atoms with Gasteiger partial charge in [-0.25, -0.2) is 0 Å². The molecule has 0 fully saturated rings. The number of hydrogen-bond acceptors (Lipinski definition) is 6. The first-order valence-electron chi connectivity index (χ1n) is 6.13. The molecule has 0 radical (unpaired) electrons. The molecule has 1 rings (SSSR count). The summed E-state index contributed by atoms with van der Waals surface area (Å²) in [5, 5.41) is 10.4. The van der Waals surface area contributed by atoms with E-state index in [1.807, 2.05) is 0 Å². The van der Waals surface area contributed by atoms with Crippen molar-refractivity contribution in [2.75, 3.05) is 6.61 Å². The monoisotopic (exact) mass is 281 g/mol. The maximum atomic E-state index is 11.5. The minimum Gasteiger partial charge on any atom is -0.466 e. The lowest BCUT2D eigenvalue weighted by Gasteiger charge is -2.04. The number of nitrogens with zero attached hydrogens (tertiary/aromatic N) is 1. The third kappa shape index (κ3) is 5.47. The second-order valence-corrected chi connectivity index (χ2v) is 3.88. The molecule has 0 saturated carbocycles. The summed E-state index contributed by atoms with van der Waals surface area (Å²) in [7, 11) is 0. The first-order valence-corrected chi connectivity index (χ1v) is 6.13. The minimum absolute atomic E-state index is 0.0767. The van der Waals surface area contributed by atoms with Gasteiger partial charge in [0.15, 0.2) is 0 Å². The van der Waals surface area contributed by atoms with Gasteiger partial charge in [0.25, 0.3) is 5.69 Å². The van der Waals surface area contributed by atoms with Crippen molar-refractivity contribution in [1.82, 2.24) is 0 Å². The highest BCUT2D eigenvalue weighted by Gasteiger charge is 2.09. The highest BCUT2D eigenvalue weighted by Crippen LogP contribution is 2.17. The van der Waals surface area contributed by atoms with Gasteiger partial charge in [0, 0.05) is 25.0 Å². The predicted octanol–water partition coefficient (Wildman–Crippen LogP) is 2.23. The molecule has 108 valence electrons. The van der Waals surface area contributed by atoms with Gasteiger partial charge >= 0.3 is 11.9 Å². The van der Waals surface area contributed by atoms with E-state index in [9.17, 15) is 19.7 Å². The Morgan fingerprint density at radius 2 is 1.75 bits per heavy atom. The fraction of sp³-hybridized carbons (Fsp3) is 0.385. The fourth-order valence-electron chi connectivity index (χ4n) is 1.43. The second-order valence-electron chi connectivity index (χ2n) is 3.88. The molecular formula is C13H15NO6. The van der Waals surface area contributed by atoms with Gasteiger partial charge in [-0.15, -0.1) is 0 Å². The summed E-state index contributed by atoms with van der Waals surface area (Å²) >= 11 is 0. The Bertz CT molecular complexity index is 482. The third-order valence-corrected chi connectivity index (χ3v) is 2.35. The molecule has 0 aliphatic carbocycles. The Hall–Kier alpha value is -2.44. The van der Waals surface area contributed by atoms with Gasteiger partial charge in [0.1, 0.15) is 5.75 Å². The maximum Gasteiger partial charge on any atom is 0.311 e. The van der Waals surface area contributed by atoms with Gasteiger partial charge in [0.05, 0.1) is 11.5 Å². The maximum absolute atomic E-state index is 11.5. The first-order chi connectivity index (χ1) is 9.52. The van der Waals surface area contributed by atoms with E-state index in [2.05, 4.69) is 0 Å². The number of carbonyl (C=O) groups is 2. The number of rotatable bonds is 7. The molecule has 0 N–H and O–H groups in total. The van der Waals surface area contributed by atoms with Crippen molar-refractivity contribution < 1.29 is 24.0 Å². The number of non-ortho nitro benzene ring substituents is 1. The van der Waals surface area contributed by atoms with Gasteiger partial charge in [-0.3, -0.25) is 19.7 Å². The fourth-order valence-corrected chi connectivity index (χ4v) is 1.43. The number of nitro groups is 1. The number of esters is 2. The van der Waals surface area contributed by atoms with E-state index in [1.54, 1.807) is 6.92 Å². The van der Waals surface area contributed by atoms with Gasteiger partial charge in [-0.2, -0.15) is 0 Å². The summed E-state index contributed by atoms with van der Waals surface area (Å²) < 4.78 is 9.70. The molecule has 0 bridgehead atoms. The molecule has 0 unspecified atom stereocenters. The summed E-state index contributed by atoms with van der Waals surface area (Å²) in [6.07, 6.45) is 0.573. The second kappa shape index (κ2) is 7.88. The highest BCUT2D eigenvalue weighted by molar-refractivity contribution is 5.74. The molecule has 0 spiro atoms. The van der Waals surface area contributed by atoms with Crippen LogP contribution in [0, 0.1) is 10.1 Å². The summed E-state index contributed by atoms with van der Waals surface area (Å²) in [6, 6.07) is 5.20.